The van der Waals surface area contributed by atoms with Gasteiger partial charge in [0.05, 0.1) is 18.1 Å². The highest BCUT2D eigenvalue weighted by atomic mass is 32.2. The van der Waals surface area contributed by atoms with E-state index in [1.807, 2.05) is 13.0 Å². The summed E-state index contributed by atoms with van der Waals surface area (Å²) >= 11 is 0. The number of anilines is 2. The van der Waals surface area contributed by atoms with Crippen LogP contribution in [-0.2, 0) is 14.8 Å². The second-order valence-electron chi connectivity index (χ2n) is 8.43. The molecule has 2 aliphatic rings. The van der Waals surface area contributed by atoms with Crippen molar-refractivity contribution in [2.24, 2.45) is 0 Å². The Morgan fingerprint density at radius 3 is 2.21 bits per heavy atom. The molecule has 0 N–H and O–H groups in total. The number of ether oxygens (including phenoxy) is 1. The van der Waals surface area contributed by atoms with Crippen LogP contribution in [0.25, 0.3) is 11.3 Å². The maximum Gasteiger partial charge on any atom is 0.243 e. The number of oxazole rings is 1. The molecule has 34 heavy (non-hydrogen) atoms. The molecule has 1 aromatic carbocycles. The van der Waals surface area contributed by atoms with E-state index >= 15 is 0 Å². The van der Waals surface area contributed by atoms with Crippen LogP contribution >= 0.6 is 0 Å². The average Bonchev–Trinajstić information content (AvgIpc) is 3.30. The van der Waals surface area contributed by atoms with E-state index in [0.29, 0.717) is 56.9 Å². The van der Waals surface area contributed by atoms with E-state index in [1.54, 1.807) is 37.5 Å². The fourth-order valence-electron chi connectivity index (χ4n) is 4.20. The Hall–Kier alpha value is -3.02. The molecule has 0 radical (unpaired) electrons. The van der Waals surface area contributed by atoms with E-state index in [4.69, 9.17) is 14.1 Å². The predicted molar refractivity (Wildman–Crippen MR) is 127 cm³/mol. The maximum absolute atomic E-state index is 13.2. The molecule has 0 amide bonds. The number of hydrogen-bond donors (Lipinski definition) is 0. The predicted octanol–water partition coefficient (Wildman–Crippen LogP) is 2.10. The number of nitrogens with zero attached hydrogens (tertiary/aromatic N) is 6. The van der Waals surface area contributed by atoms with E-state index in [9.17, 15) is 8.42 Å². The van der Waals surface area contributed by atoms with Gasteiger partial charge in [0.15, 0.2) is 5.89 Å². The fourth-order valence-corrected chi connectivity index (χ4v) is 5.63. The first-order valence-corrected chi connectivity index (χ1v) is 12.8. The second kappa shape index (κ2) is 9.32. The molecule has 11 heteroatoms. The lowest BCUT2D eigenvalue weighted by molar-refractivity contribution is 0.122. The molecule has 0 saturated carbocycles. The standard InChI is InChI=1S/C23H28N6O4S/c1-17-15-22(26-23(24-17)28-11-13-32-14-12-28)27-7-9-29(10-8-27)34(30,31)20-5-3-19(4-6-20)21-16-33-18(2)25-21/h3-6,15-16H,7-14H2,1-2H3. The second-order valence-corrected chi connectivity index (χ2v) is 10.4. The van der Waals surface area contributed by atoms with E-state index in [2.05, 4.69) is 19.8 Å². The molecule has 0 atom stereocenters. The molecule has 2 aromatic heterocycles. The first-order valence-electron chi connectivity index (χ1n) is 11.4. The van der Waals surface area contributed by atoms with E-state index < -0.39 is 10.0 Å². The largest absolute Gasteiger partial charge is 0.449 e. The summed E-state index contributed by atoms with van der Waals surface area (Å²) in [6.07, 6.45) is 1.57. The molecule has 0 spiro atoms. The van der Waals surface area contributed by atoms with Crippen LogP contribution in [0.4, 0.5) is 11.8 Å². The molecular weight excluding hydrogens is 456 g/mol. The summed E-state index contributed by atoms with van der Waals surface area (Å²) < 4.78 is 38.7. The van der Waals surface area contributed by atoms with Gasteiger partial charge in [-0.2, -0.15) is 9.29 Å². The molecule has 0 bridgehead atoms. The Balaban J connectivity index is 1.27. The summed E-state index contributed by atoms with van der Waals surface area (Å²) in [6, 6.07) is 8.74. The van der Waals surface area contributed by atoms with E-state index in [-0.39, 0.29) is 4.90 Å². The van der Waals surface area contributed by atoms with Crippen LogP contribution in [0.3, 0.4) is 0 Å². The van der Waals surface area contributed by atoms with Crippen molar-refractivity contribution in [3.8, 4) is 11.3 Å². The van der Waals surface area contributed by atoms with Crippen LogP contribution in [0.2, 0.25) is 0 Å². The molecule has 2 fully saturated rings. The molecular formula is C23H28N6O4S. The van der Waals surface area contributed by atoms with Crippen molar-refractivity contribution in [1.82, 2.24) is 19.3 Å². The molecule has 10 nitrogen and oxygen atoms in total. The Morgan fingerprint density at radius 2 is 1.56 bits per heavy atom. The smallest absolute Gasteiger partial charge is 0.243 e. The quantitative estimate of drug-likeness (QED) is 0.538. The third-order valence-corrected chi connectivity index (χ3v) is 8.01. The van der Waals surface area contributed by atoms with Gasteiger partial charge in [0.2, 0.25) is 16.0 Å². The van der Waals surface area contributed by atoms with Crippen LogP contribution in [0, 0.1) is 13.8 Å². The summed E-state index contributed by atoms with van der Waals surface area (Å²) in [6.45, 7) is 8.51. The van der Waals surface area contributed by atoms with Gasteiger partial charge < -0.3 is 19.0 Å². The van der Waals surface area contributed by atoms with Crippen LogP contribution in [-0.4, -0.2) is 80.2 Å². The van der Waals surface area contributed by atoms with Gasteiger partial charge in [0.25, 0.3) is 0 Å². The van der Waals surface area contributed by atoms with Crippen molar-refractivity contribution in [2.45, 2.75) is 18.7 Å². The molecule has 4 heterocycles. The van der Waals surface area contributed by atoms with Crippen LogP contribution in [0.15, 0.2) is 45.9 Å². The number of morpholine rings is 1. The van der Waals surface area contributed by atoms with E-state index in [0.717, 1.165) is 30.2 Å². The zero-order valence-electron chi connectivity index (χ0n) is 19.3. The Morgan fingerprint density at radius 1 is 0.853 bits per heavy atom. The van der Waals surface area contributed by atoms with Gasteiger partial charge in [-0.15, -0.1) is 0 Å². The van der Waals surface area contributed by atoms with Gasteiger partial charge in [-0.3, -0.25) is 0 Å². The number of aromatic nitrogens is 3. The van der Waals surface area contributed by atoms with Crippen LogP contribution in [0.1, 0.15) is 11.6 Å². The number of hydrogen-bond acceptors (Lipinski definition) is 9. The number of piperazine rings is 1. The molecule has 0 unspecified atom stereocenters. The molecule has 5 rings (SSSR count). The molecule has 0 aliphatic carbocycles. The van der Waals surface area contributed by atoms with E-state index in [1.165, 1.54) is 4.31 Å². The maximum atomic E-state index is 13.2. The van der Waals surface area contributed by atoms with Crippen LogP contribution in [0.5, 0.6) is 0 Å². The molecule has 2 aliphatic heterocycles. The molecule has 180 valence electrons. The highest BCUT2D eigenvalue weighted by Gasteiger charge is 2.29. The topological polar surface area (TPSA) is 105 Å². The third kappa shape index (κ3) is 4.63. The summed E-state index contributed by atoms with van der Waals surface area (Å²) in [4.78, 5) is 18.2. The summed E-state index contributed by atoms with van der Waals surface area (Å²) in [5.41, 5.74) is 2.39. The first-order chi connectivity index (χ1) is 16.4. The van der Waals surface area contributed by atoms with Crippen LogP contribution < -0.4 is 9.80 Å². The van der Waals surface area contributed by atoms with Gasteiger partial charge in [-0.05, 0) is 19.1 Å². The zero-order valence-corrected chi connectivity index (χ0v) is 20.2. The van der Waals surface area contributed by atoms with Crippen molar-refractivity contribution >= 4 is 21.8 Å². The van der Waals surface area contributed by atoms with Gasteiger partial charge >= 0.3 is 0 Å². The summed E-state index contributed by atoms with van der Waals surface area (Å²) in [5, 5.41) is 0. The lowest BCUT2D eigenvalue weighted by atomic mass is 10.2. The lowest BCUT2D eigenvalue weighted by Gasteiger charge is -2.35. The van der Waals surface area contributed by atoms with Crippen molar-refractivity contribution in [3.63, 3.8) is 0 Å². The van der Waals surface area contributed by atoms with Gasteiger partial charge in [-0.25, -0.2) is 18.4 Å². The van der Waals surface area contributed by atoms with Gasteiger partial charge in [0.1, 0.15) is 17.8 Å². The lowest BCUT2D eigenvalue weighted by Crippen LogP contribution is -2.49. The van der Waals surface area contributed by atoms with Gasteiger partial charge in [0, 0.05) is 63.5 Å². The minimum absolute atomic E-state index is 0.275. The Bertz CT molecular complexity index is 1250. The minimum atomic E-state index is -3.59. The number of sulfonamides is 1. The number of rotatable bonds is 5. The average molecular weight is 485 g/mol. The van der Waals surface area contributed by atoms with Crippen molar-refractivity contribution in [1.29, 1.82) is 0 Å². The summed E-state index contributed by atoms with van der Waals surface area (Å²) in [7, 11) is -3.59. The van der Waals surface area contributed by atoms with Crippen molar-refractivity contribution in [3.05, 3.63) is 48.2 Å². The fraction of sp³-hybridized carbons (Fsp3) is 0.435. The Labute approximate surface area is 199 Å². The monoisotopic (exact) mass is 484 g/mol. The molecule has 3 aromatic rings. The van der Waals surface area contributed by atoms with Gasteiger partial charge in [-0.1, -0.05) is 12.1 Å². The highest BCUT2D eigenvalue weighted by molar-refractivity contribution is 7.89. The highest BCUT2D eigenvalue weighted by Crippen LogP contribution is 2.25. The molecule has 2 saturated heterocycles. The minimum Gasteiger partial charge on any atom is -0.449 e. The summed E-state index contributed by atoms with van der Waals surface area (Å²) in [5.74, 6) is 2.11. The number of aryl methyl sites for hydroxylation is 2. The van der Waals surface area contributed by atoms with Crippen molar-refractivity contribution < 1.29 is 17.6 Å². The number of benzene rings is 1. The first kappa shape index (κ1) is 22.8. The third-order valence-electron chi connectivity index (χ3n) is 6.09. The SMILES string of the molecule is Cc1cc(N2CCN(S(=O)(=O)c3ccc(-c4coc(C)n4)cc3)CC2)nc(N2CCOCC2)n1. The Kier molecular flexibility index (Phi) is 6.24. The zero-order chi connectivity index (χ0) is 23.7. The van der Waals surface area contributed by atoms with Crippen molar-refractivity contribution in [2.75, 3.05) is 62.3 Å². The normalized spacial score (nSPS) is 17.8.